The number of thiophene rings is 1. The third kappa shape index (κ3) is 5.79. The summed E-state index contributed by atoms with van der Waals surface area (Å²) in [4.78, 5) is 5.41. The van der Waals surface area contributed by atoms with Gasteiger partial charge in [0, 0.05) is 78.0 Å². The van der Waals surface area contributed by atoms with Gasteiger partial charge in [0.1, 0.15) is 11.2 Å². The molecule has 0 amide bonds. The van der Waals surface area contributed by atoms with E-state index in [1.54, 1.807) is 0 Å². The zero-order chi connectivity index (χ0) is 42.8. The molecule has 2 aromatic heterocycles. The number of furan rings is 1. The van der Waals surface area contributed by atoms with Gasteiger partial charge in [-0.1, -0.05) is 140 Å². The van der Waals surface area contributed by atoms with Gasteiger partial charge in [-0.15, -0.1) is 11.3 Å². The Labute approximate surface area is 383 Å². The van der Waals surface area contributed by atoms with Gasteiger partial charge in [0.25, 0.3) is 0 Å². The molecule has 65 heavy (non-hydrogen) atoms. The highest BCUT2D eigenvalue weighted by Crippen LogP contribution is 2.54. The quantitative estimate of drug-likeness (QED) is 0.161. The fourth-order valence-electron chi connectivity index (χ4n) is 12.5. The van der Waals surface area contributed by atoms with Crippen LogP contribution in [0, 0.1) is 5.92 Å². The summed E-state index contributed by atoms with van der Waals surface area (Å²) in [6, 6.07) is 54.0. The van der Waals surface area contributed by atoms with E-state index in [1.165, 1.54) is 93.5 Å². The minimum Gasteiger partial charge on any atom is -0.456 e. The maximum absolute atomic E-state index is 6.80. The first kappa shape index (κ1) is 37.5. The molecule has 0 bridgehead atoms. The first-order valence-electron chi connectivity index (χ1n) is 23.6. The topological polar surface area (TPSA) is 19.6 Å². The lowest BCUT2D eigenvalue weighted by Gasteiger charge is -2.37. The average molecular weight is 857 g/mol. The van der Waals surface area contributed by atoms with Crippen LogP contribution < -0.4 is 9.80 Å². The molecule has 0 N–H and O–H groups in total. The van der Waals surface area contributed by atoms with E-state index in [-0.39, 0.29) is 0 Å². The smallest absolute Gasteiger partial charge is 0.138 e. The normalized spacial score (nSPS) is 22.9. The number of para-hydroxylation sites is 1. The molecule has 0 spiro atoms. The Morgan fingerprint density at radius 1 is 0.554 bits per heavy atom. The largest absolute Gasteiger partial charge is 0.456 e. The first-order valence-corrected chi connectivity index (χ1v) is 24.4. The monoisotopic (exact) mass is 856 g/mol. The summed E-state index contributed by atoms with van der Waals surface area (Å²) in [5.74, 6) is 1.20. The summed E-state index contributed by atoms with van der Waals surface area (Å²) < 4.78 is 9.42. The summed E-state index contributed by atoms with van der Waals surface area (Å²) >= 11 is 1.89. The number of fused-ring (bicyclic) bond motifs is 12. The number of allylic oxidation sites excluding steroid dienone is 4. The highest BCUT2D eigenvalue weighted by atomic mass is 32.1. The summed E-state index contributed by atoms with van der Waals surface area (Å²) in [5, 5.41) is 4.96. The zero-order valence-electron chi connectivity index (χ0n) is 36.4. The second-order valence-electron chi connectivity index (χ2n) is 19.1. The molecule has 2 aliphatic heterocycles. The van der Waals surface area contributed by atoms with Crippen molar-refractivity contribution < 1.29 is 4.42 Å². The fourth-order valence-corrected chi connectivity index (χ4v) is 13.6. The van der Waals surface area contributed by atoms with Crippen LogP contribution in [0.4, 0.5) is 17.1 Å². The number of hydrogen-bond acceptors (Lipinski definition) is 4. The molecule has 314 valence electrons. The number of hydrogen-bond donors (Lipinski definition) is 0. The average Bonchev–Trinajstić information content (AvgIpc) is 4.11. The lowest BCUT2D eigenvalue weighted by Crippen LogP contribution is -2.42. The third-order valence-corrected chi connectivity index (χ3v) is 16.6. The van der Waals surface area contributed by atoms with Crippen LogP contribution in [0.25, 0.3) is 75.5 Å². The van der Waals surface area contributed by atoms with E-state index >= 15 is 0 Å². The van der Waals surface area contributed by atoms with Crippen molar-refractivity contribution >= 4 is 70.5 Å². The Hall–Kier alpha value is -6.88. The molecule has 4 heteroatoms. The number of benzene rings is 7. The van der Waals surface area contributed by atoms with E-state index in [0.717, 1.165) is 35.8 Å². The molecular formula is C61H48N2OS. The van der Waals surface area contributed by atoms with Crippen molar-refractivity contribution in [2.45, 2.75) is 62.6 Å². The van der Waals surface area contributed by atoms with Crippen molar-refractivity contribution in [1.82, 2.24) is 0 Å². The third-order valence-electron chi connectivity index (χ3n) is 15.4. The summed E-state index contributed by atoms with van der Waals surface area (Å²) in [5.41, 5.74) is 16.2. The lowest BCUT2D eigenvalue weighted by molar-refractivity contribution is 0.424. The van der Waals surface area contributed by atoms with E-state index in [9.17, 15) is 0 Å². The van der Waals surface area contributed by atoms with Gasteiger partial charge < -0.3 is 14.2 Å². The van der Waals surface area contributed by atoms with Crippen LogP contribution in [0.5, 0.6) is 0 Å². The van der Waals surface area contributed by atoms with Crippen molar-refractivity contribution in [3.05, 3.63) is 199 Å². The summed E-state index contributed by atoms with van der Waals surface area (Å²) in [6.45, 7) is 2.44. The fraction of sp³-hybridized carbons (Fsp3) is 0.180. The molecule has 6 unspecified atom stereocenters. The van der Waals surface area contributed by atoms with Gasteiger partial charge in [-0.25, -0.2) is 0 Å². The van der Waals surface area contributed by atoms with E-state index < -0.39 is 0 Å². The lowest BCUT2D eigenvalue weighted by atomic mass is 9.80. The Morgan fingerprint density at radius 2 is 1.28 bits per heavy atom. The van der Waals surface area contributed by atoms with Crippen molar-refractivity contribution in [3.8, 4) is 33.4 Å². The molecule has 5 aliphatic rings. The Morgan fingerprint density at radius 3 is 2.11 bits per heavy atom. The van der Waals surface area contributed by atoms with Gasteiger partial charge in [0.2, 0.25) is 0 Å². The molecule has 9 aromatic rings. The molecule has 6 atom stereocenters. The van der Waals surface area contributed by atoms with Crippen LogP contribution in [0.2, 0.25) is 0 Å². The van der Waals surface area contributed by atoms with Crippen LogP contribution in [0.3, 0.4) is 0 Å². The molecule has 4 heterocycles. The van der Waals surface area contributed by atoms with Crippen molar-refractivity contribution in [2.24, 2.45) is 5.92 Å². The molecule has 0 saturated carbocycles. The summed E-state index contributed by atoms with van der Waals surface area (Å²) in [7, 11) is 0. The molecule has 3 aliphatic carbocycles. The van der Waals surface area contributed by atoms with Gasteiger partial charge >= 0.3 is 0 Å². The van der Waals surface area contributed by atoms with Gasteiger partial charge in [0.15, 0.2) is 0 Å². The predicted molar refractivity (Wildman–Crippen MR) is 275 cm³/mol. The Kier molecular flexibility index (Phi) is 8.40. The maximum Gasteiger partial charge on any atom is 0.138 e. The number of nitrogens with zero attached hydrogens (tertiary/aromatic N) is 2. The predicted octanol–water partition coefficient (Wildman–Crippen LogP) is 16.7. The first-order chi connectivity index (χ1) is 32.1. The SMILES string of the molecule is CC1CC=CC2c3cc(-c4ccc5c(c4)C4C=CCCC4N5C4C=CC=CC4)ccc3N(c3cc(-c4ccc5c(c4)sc4cc(-c6ccccc6)ccc45)c4c(c3)oc3ccccc34)C12. The second kappa shape index (κ2) is 14.6. The Bertz CT molecular complexity index is 3530. The van der Waals surface area contributed by atoms with E-state index in [0.29, 0.717) is 35.9 Å². The number of anilines is 3. The zero-order valence-corrected chi connectivity index (χ0v) is 37.2. The number of rotatable bonds is 5. The van der Waals surface area contributed by atoms with Gasteiger partial charge in [-0.3, -0.25) is 0 Å². The van der Waals surface area contributed by atoms with Crippen molar-refractivity contribution in [1.29, 1.82) is 0 Å². The van der Waals surface area contributed by atoms with Crippen LogP contribution in [0.15, 0.2) is 193 Å². The molecule has 7 aromatic carbocycles. The second-order valence-corrected chi connectivity index (χ2v) is 20.1. The van der Waals surface area contributed by atoms with E-state index in [1.807, 2.05) is 11.3 Å². The highest BCUT2D eigenvalue weighted by Gasteiger charge is 2.44. The van der Waals surface area contributed by atoms with Crippen molar-refractivity contribution in [2.75, 3.05) is 9.80 Å². The van der Waals surface area contributed by atoms with Crippen LogP contribution >= 0.6 is 11.3 Å². The van der Waals surface area contributed by atoms with E-state index in [4.69, 9.17) is 4.42 Å². The highest BCUT2D eigenvalue weighted by molar-refractivity contribution is 7.25. The Balaban J connectivity index is 0.892. The van der Waals surface area contributed by atoms with Crippen LogP contribution in [0.1, 0.15) is 55.6 Å². The standard InChI is InChI=1S/C61H48N2OS/c1-37-13-12-20-48-52-32-40(39-25-29-54-51(31-39)45-18-8-10-21-53(45)62(54)43-16-6-3-7-17-43)26-30-55(52)63(61(37)48)44-35-50(60-49-19-9-11-22-56(49)64-57(60)36-44)42-24-28-47-46-27-23-41(38-14-4-2-5-15-38)33-58(46)65-59(47)34-42/h2-9,11-12,14-16,18-20,22-37,43,45,48,53,61H,10,13,17,21H2,1H3. The van der Waals surface area contributed by atoms with Crippen molar-refractivity contribution in [3.63, 3.8) is 0 Å². The maximum atomic E-state index is 6.80. The van der Waals surface area contributed by atoms with Crippen LogP contribution in [-0.2, 0) is 0 Å². The summed E-state index contributed by atoms with van der Waals surface area (Å²) in [6.07, 6.45) is 23.5. The molecule has 0 fully saturated rings. The van der Waals surface area contributed by atoms with Gasteiger partial charge in [-0.2, -0.15) is 0 Å². The minimum absolute atomic E-state index is 0.293. The minimum atomic E-state index is 0.293. The molecule has 0 radical (unpaired) electrons. The van der Waals surface area contributed by atoms with Gasteiger partial charge in [0.05, 0.1) is 6.04 Å². The molecule has 14 rings (SSSR count). The van der Waals surface area contributed by atoms with E-state index in [2.05, 4.69) is 205 Å². The molecule has 3 nitrogen and oxygen atoms in total. The van der Waals surface area contributed by atoms with Gasteiger partial charge in [-0.05, 0) is 125 Å². The van der Waals surface area contributed by atoms with Crippen LogP contribution in [-0.4, -0.2) is 18.1 Å². The molecular weight excluding hydrogens is 809 g/mol. The molecule has 0 saturated heterocycles.